The van der Waals surface area contributed by atoms with Gasteiger partial charge in [0, 0.05) is 18.0 Å². The minimum atomic E-state index is -0.651. The Balaban J connectivity index is 1.68. The van der Waals surface area contributed by atoms with Crippen molar-refractivity contribution in [3.05, 3.63) is 82.6 Å². The molecule has 6 nitrogen and oxygen atoms in total. The number of aromatic nitrogens is 2. The maximum atomic E-state index is 12.8. The van der Waals surface area contributed by atoms with E-state index in [1.807, 2.05) is 75.4 Å². The third-order valence-corrected chi connectivity index (χ3v) is 5.12. The SMILES string of the molecule is CC(C)(C)OC(=O)[C@@H](CC(=O)OCc1ccccc1)Cc1ccc(-c2ncc(Br)cn2)cc1. The number of carbonyl (C=O) groups excluding carboxylic acids is 2. The highest BCUT2D eigenvalue weighted by molar-refractivity contribution is 9.10. The Morgan fingerprint density at radius 1 is 0.939 bits per heavy atom. The van der Waals surface area contributed by atoms with Gasteiger partial charge in [0.15, 0.2) is 5.82 Å². The smallest absolute Gasteiger partial charge is 0.310 e. The van der Waals surface area contributed by atoms with Gasteiger partial charge in [0.05, 0.1) is 16.8 Å². The van der Waals surface area contributed by atoms with Gasteiger partial charge in [0.1, 0.15) is 12.2 Å². The quantitative estimate of drug-likeness (QED) is 0.370. The summed E-state index contributed by atoms with van der Waals surface area (Å²) < 4.78 is 11.8. The second kappa shape index (κ2) is 11.2. The van der Waals surface area contributed by atoms with E-state index in [0.29, 0.717) is 12.2 Å². The lowest BCUT2D eigenvalue weighted by Gasteiger charge is -2.24. The van der Waals surface area contributed by atoms with Crippen molar-refractivity contribution in [3.8, 4) is 11.4 Å². The Morgan fingerprint density at radius 3 is 2.18 bits per heavy atom. The maximum Gasteiger partial charge on any atom is 0.310 e. The van der Waals surface area contributed by atoms with Gasteiger partial charge in [-0.2, -0.15) is 0 Å². The van der Waals surface area contributed by atoms with E-state index in [0.717, 1.165) is 21.2 Å². The second-order valence-corrected chi connectivity index (χ2v) is 9.62. The first-order chi connectivity index (χ1) is 15.7. The van der Waals surface area contributed by atoms with Crippen LogP contribution in [-0.2, 0) is 32.1 Å². The molecule has 0 aliphatic carbocycles. The first kappa shape index (κ1) is 24.6. The third-order valence-electron chi connectivity index (χ3n) is 4.71. The van der Waals surface area contributed by atoms with Crippen molar-refractivity contribution in [3.63, 3.8) is 0 Å². The molecule has 0 unspecified atom stereocenters. The van der Waals surface area contributed by atoms with Crippen LogP contribution in [0.1, 0.15) is 38.3 Å². The molecule has 0 aliphatic heterocycles. The minimum absolute atomic E-state index is 0.0562. The average molecular weight is 511 g/mol. The number of hydrogen-bond acceptors (Lipinski definition) is 6. The van der Waals surface area contributed by atoms with Gasteiger partial charge < -0.3 is 9.47 Å². The molecule has 0 saturated carbocycles. The molecule has 3 aromatic rings. The maximum absolute atomic E-state index is 12.8. The highest BCUT2D eigenvalue weighted by atomic mass is 79.9. The van der Waals surface area contributed by atoms with Gasteiger partial charge in [0.25, 0.3) is 0 Å². The van der Waals surface area contributed by atoms with Crippen LogP contribution in [0, 0.1) is 5.92 Å². The average Bonchev–Trinajstić information content (AvgIpc) is 2.78. The molecule has 1 aromatic heterocycles. The van der Waals surface area contributed by atoms with Crippen molar-refractivity contribution in [2.75, 3.05) is 0 Å². The van der Waals surface area contributed by atoms with E-state index in [1.165, 1.54) is 0 Å². The van der Waals surface area contributed by atoms with Crippen molar-refractivity contribution in [1.29, 1.82) is 0 Å². The molecular formula is C26H27BrN2O4. The van der Waals surface area contributed by atoms with Crippen LogP contribution in [0.2, 0.25) is 0 Å². The lowest BCUT2D eigenvalue weighted by atomic mass is 9.95. The molecule has 3 rings (SSSR count). The predicted octanol–water partition coefficient (Wildman–Crippen LogP) is 5.54. The van der Waals surface area contributed by atoms with E-state index >= 15 is 0 Å². The molecule has 0 spiro atoms. The van der Waals surface area contributed by atoms with Crippen LogP contribution in [0.5, 0.6) is 0 Å². The summed E-state index contributed by atoms with van der Waals surface area (Å²) in [7, 11) is 0. The molecular weight excluding hydrogens is 484 g/mol. The number of nitrogens with zero attached hydrogens (tertiary/aromatic N) is 2. The second-order valence-electron chi connectivity index (χ2n) is 8.71. The monoisotopic (exact) mass is 510 g/mol. The molecule has 1 heterocycles. The van der Waals surface area contributed by atoms with Gasteiger partial charge in [-0.05, 0) is 54.2 Å². The largest absolute Gasteiger partial charge is 0.461 e. The van der Waals surface area contributed by atoms with Crippen LogP contribution in [0.4, 0.5) is 0 Å². The van der Waals surface area contributed by atoms with E-state index in [-0.39, 0.29) is 13.0 Å². The number of hydrogen-bond donors (Lipinski definition) is 0. The molecule has 0 fully saturated rings. The van der Waals surface area contributed by atoms with E-state index in [2.05, 4.69) is 25.9 Å². The number of rotatable bonds is 8. The predicted molar refractivity (Wildman–Crippen MR) is 129 cm³/mol. The van der Waals surface area contributed by atoms with Crippen LogP contribution in [-0.4, -0.2) is 27.5 Å². The number of benzene rings is 2. The molecule has 7 heteroatoms. The summed E-state index contributed by atoms with van der Waals surface area (Å²) in [6, 6.07) is 17.1. The summed E-state index contributed by atoms with van der Waals surface area (Å²) in [5, 5.41) is 0. The Labute approximate surface area is 202 Å². The van der Waals surface area contributed by atoms with Crippen molar-refractivity contribution < 1.29 is 19.1 Å². The highest BCUT2D eigenvalue weighted by Gasteiger charge is 2.28. The summed E-state index contributed by atoms with van der Waals surface area (Å²) in [4.78, 5) is 33.9. The van der Waals surface area contributed by atoms with Crippen LogP contribution < -0.4 is 0 Å². The van der Waals surface area contributed by atoms with Crippen LogP contribution >= 0.6 is 15.9 Å². The molecule has 1 atom stereocenters. The molecule has 0 radical (unpaired) electrons. The van der Waals surface area contributed by atoms with Crippen LogP contribution in [0.3, 0.4) is 0 Å². The summed E-state index contributed by atoms with van der Waals surface area (Å²) >= 11 is 3.33. The van der Waals surface area contributed by atoms with Crippen LogP contribution in [0.25, 0.3) is 11.4 Å². The lowest BCUT2D eigenvalue weighted by molar-refractivity contribution is -0.164. The minimum Gasteiger partial charge on any atom is -0.461 e. The summed E-state index contributed by atoms with van der Waals surface area (Å²) in [6.07, 6.45) is 3.68. The summed E-state index contributed by atoms with van der Waals surface area (Å²) in [5.41, 5.74) is 2.02. The van der Waals surface area contributed by atoms with Gasteiger partial charge in [-0.1, -0.05) is 54.6 Å². The fourth-order valence-corrected chi connectivity index (χ4v) is 3.36. The highest BCUT2D eigenvalue weighted by Crippen LogP contribution is 2.22. The number of ether oxygens (including phenoxy) is 2. The Morgan fingerprint density at radius 2 is 1.58 bits per heavy atom. The van der Waals surface area contributed by atoms with Crippen molar-refractivity contribution in [1.82, 2.24) is 9.97 Å². The van der Waals surface area contributed by atoms with Crippen molar-refractivity contribution in [2.24, 2.45) is 5.92 Å². The molecule has 0 N–H and O–H groups in total. The van der Waals surface area contributed by atoms with E-state index < -0.39 is 23.5 Å². The Kier molecular flexibility index (Phi) is 8.33. The molecule has 2 aromatic carbocycles. The fourth-order valence-electron chi connectivity index (χ4n) is 3.16. The molecule has 0 bridgehead atoms. The Bertz CT molecular complexity index is 1060. The fraction of sp³-hybridized carbons (Fsp3) is 0.308. The first-order valence-electron chi connectivity index (χ1n) is 10.7. The third kappa shape index (κ3) is 8.09. The van der Waals surface area contributed by atoms with E-state index in [1.54, 1.807) is 12.4 Å². The molecule has 0 aliphatic rings. The molecule has 172 valence electrons. The normalized spacial score (nSPS) is 12.1. The zero-order valence-electron chi connectivity index (χ0n) is 19.0. The van der Waals surface area contributed by atoms with Gasteiger partial charge >= 0.3 is 11.9 Å². The van der Waals surface area contributed by atoms with E-state index in [4.69, 9.17) is 9.47 Å². The van der Waals surface area contributed by atoms with Gasteiger partial charge in [-0.15, -0.1) is 0 Å². The number of esters is 2. The van der Waals surface area contributed by atoms with Crippen molar-refractivity contribution in [2.45, 2.75) is 45.8 Å². The zero-order chi connectivity index (χ0) is 23.8. The lowest BCUT2D eigenvalue weighted by Crippen LogP contribution is -2.31. The number of halogens is 1. The van der Waals surface area contributed by atoms with Gasteiger partial charge in [-0.3, -0.25) is 9.59 Å². The molecule has 0 saturated heterocycles. The van der Waals surface area contributed by atoms with E-state index in [9.17, 15) is 9.59 Å². The topological polar surface area (TPSA) is 78.4 Å². The summed E-state index contributed by atoms with van der Waals surface area (Å²) in [5.74, 6) is -0.894. The standard InChI is InChI=1S/C26H27BrN2O4/c1-26(2,3)33-25(31)21(14-23(30)32-17-19-7-5-4-6-8-19)13-18-9-11-20(12-10-18)24-28-15-22(27)16-29-24/h4-12,15-16,21H,13-14,17H2,1-3H3/t21-/m1/s1. The summed E-state index contributed by atoms with van der Waals surface area (Å²) in [6.45, 7) is 5.59. The van der Waals surface area contributed by atoms with Crippen molar-refractivity contribution >= 4 is 27.9 Å². The van der Waals surface area contributed by atoms with Gasteiger partial charge in [-0.25, -0.2) is 9.97 Å². The van der Waals surface area contributed by atoms with Gasteiger partial charge in [0.2, 0.25) is 0 Å². The first-order valence-corrected chi connectivity index (χ1v) is 11.5. The number of carbonyl (C=O) groups is 2. The van der Waals surface area contributed by atoms with Crippen LogP contribution in [0.15, 0.2) is 71.5 Å². The Hall–Kier alpha value is -3.06. The zero-order valence-corrected chi connectivity index (χ0v) is 20.5. The molecule has 0 amide bonds. The molecule has 33 heavy (non-hydrogen) atoms.